The lowest BCUT2D eigenvalue weighted by Crippen LogP contribution is -2.18. The number of carboxylic acid groups (broad SMARTS) is 1. The summed E-state index contributed by atoms with van der Waals surface area (Å²) in [5.41, 5.74) is 1.37. The summed E-state index contributed by atoms with van der Waals surface area (Å²) in [6.45, 7) is 1.70. The first kappa shape index (κ1) is 12.9. The van der Waals surface area contributed by atoms with Gasteiger partial charge in [0.15, 0.2) is 0 Å². The van der Waals surface area contributed by atoms with Crippen molar-refractivity contribution < 1.29 is 9.90 Å². The van der Waals surface area contributed by atoms with E-state index in [2.05, 4.69) is 15.0 Å². The second-order valence-electron chi connectivity index (χ2n) is 4.11. The van der Waals surface area contributed by atoms with Crippen LogP contribution in [0.25, 0.3) is 11.4 Å². The molecule has 0 amide bonds. The van der Waals surface area contributed by atoms with Crippen molar-refractivity contribution in [3.63, 3.8) is 0 Å². The number of carbonyl (C=O) groups is 1. The van der Waals surface area contributed by atoms with Crippen LogP contribution < -0.4 is 5.56 Å². The summed E-state index contributed by atoms with van der Waals surface area (Å²) in [5.74, 6) is -0.496. The van der Waals surface area contributed by atoms with Gasteiger partial charge in [-0.25, -0.2) is 4.98 Å². The predicted molar refractivity (Wildman–Crippen MR) is 68.8 cm³/mol. The first-order valence-electron chi connectivity index (χ1n) is 5.80. The maximum atomic E-state index is 11.9. The Bertz CT molecular complexity index is 650. The highest BCUT2D eigenvalue weighted by Gasteiger charge is 2.10. The Hall–Kier alpha value is -2.50. The lowest BCUT2D eigenvalue weighted by atomic mass is 10.1. The third-order valence-corrected chi connectivity index (χ3v) is 2.75. The maximum absolute atomic E-state index is 11.9. The molecule has 2 aromatic heterocycles. The van der Waals surface area contributed by atoms with Crippen LogP contribution in [-0.4, -0.2) is 26.0 Å². The molecule has 98 valence electrons. The summed E-state index contributed by atoms with van der Waals surface area (Å²) >= 11 is 0. The number of aromatic amines is 1. The van der Waals surface area contributed by atoms with E-state index in [1.165, 1.54) is 0 Å². The molecule has 2 rings (SSSR count). The smallest absolute Gasteiger partial charge is 0.303 e. The molecule has 2 aromatic rings. The van der Waals surface area contributed by atoms with Gasteiger partial charge in [-0.15, -0.1) is 0 Å². The number of aryl methyl sites for hydroxylation is 1. The number of hydrogen-bond acceptors (Lipinski definition) is 4. The van der Waals surface area contributed by atoms with Gasteiger partial charge in [0.25, 0.3) is 5.56 Å². The molecule has 0 unspecified atom stereocenters. The SMILES string of the molecule is Cc1nc(-c2cccnc2)[nH]c(=O)c1CCC(=O)O. The number of hydrogen-bond donors (Lipinski definition) is 2. The van der Waals surface area contributed by atoms with Crippen LogP contribution in [0.3, 0.4) is 0 Å². The van der Waals surface area contributed by atoms with Gasteiger partial charge < -0.3 is 10.1 Å². The first-order valence-corrected chi connectivity index (χ1v) is 5.80. The average Bonchev–Trinajstić information content (AvgIpc) is 2.38. The predicted octanol–water partition coefficient (Wildman–Crippen LogP) is 1.16. The Morgan fingerprint density at radius 1 is 1.47 bits per heavy atom. The van der Waals surface area contributed by atoms with E-state index in [0.717, 1.165) is 0 Å². The number of rotatable bonds is 4. The van der Waals surface area contributed by atoms with Crippen LogP contribution in [0.1, 0.15) is 17.7 Å². The van der Waals surface area contributed by atoms with E-state index >= 15 is 0 Å². The Labute approximate surface area is 109 Å². The van der Waals surface area contributed by atoms with Crippen LogP contribution >= 0.6 is 0 Å². The summed E-state index contributed by atoms with van der Waals surface area (Å²) < 4.78 is 0. The Morgan fingerprint density at radius 3 is 2.84 bits per heavy atom. The van der Waals surface area contributed by atoms with E-state index in [-0.39, 0.29) is 18.4 Å². The Kier molecular flexibility index (Phi) is 3.70. The van der Waals surface area contributed by atoms with Gasteiger partial charge in [0.2, 0.25) is 0 Å². The quantitative estimate of drug-likeness (QED) is 0.858. The molecule has 0 radical (unpaired) electrons. The molecule has 2 N–H and O–H groups in total. The van der Waals surface area contributed by atoms with Crippen molar-refractivity contribution in [3.8, 4) is 11.4 Å². The lowest BCUT2D eigenvalue weighted by Gasteiger charge is -2.06. The third kappa shape index (κ3) is 3.04. The molecule has 0 atom stereocenters. The maximum Gasteiger partial charge on any atom is 0.303 e. The summed E-state index contributed by atoms with van der Waals surface area (Å²) in [7, 11) is 0. The molecule has 0 spiro atoms. The summed E-state index contributed by atoms with van der Waals surface area (Å²) in [6.07, 6.45) is 3.33. The molecule has 0 saturated carbocycles. The standard InChI is InChI=1S/C13H13N3O3/c1-8-10(4-5-11(17)18)13(19)16-12(15-8)9-3-2-6-14-7-9/h2-3,6-7H,4-5H2,1H3,(H,17,18)(H,15,16,19). The summed E-state index contributed by atoms with van der Waals surface area (Å²) in [6, 6.07) is 3.55. The number of aromatic nitrogens is 3. The van der Waals surface area contributed by atoms with Gasteiger partial charge in [0.05, 0.1) is 0 Å². The van der Waals surface area contributed by atoms with Crippen molar-refractivity contribution in [2.45, 2.75) is 19.8 Å². The van der Waals surface area contributed by atoms with Crippen LogP contribution in [0.15, 0.2) is 29.3 Å². The van der Waals surface area contributed by atoms with Crippen LogP contribution in [-0.2, 0) is 11.2 Å². The van der Waals surface area contributed by atoms with Crippen molar-refractivity contribution in [2.24, 2.45) is 0 Å². The molecule has 0 fully saturated rings. The van der Waals surface area contributed by atoms with Crippen LogP contribution in [0.2, 0.25) is 0 Å². The minimum absolute atomic E-state index is 0.0855. The van der Waals surface area contributed by atoms with Crippen molar-refractivity contribution in [1.82, 2.24) is 15.0 Å². The number of pyridine rings is 1. The van der Waals surface area contributed by atoms with Crippen LogP contribution in [0, 0.1) is 6.92 Å². The third-order valence-electron chi connectivity index (χ3n) is 2.75. The topological polar surface area (TPSA) is 95.9 Å². The van der Waals surface area contributed by atoms with E-state index in [4.69, 9.17) is 5.11 Å². The van der Waals surface area contributed by atoms with Crippen LogP contribution in [0.4, 0.5) is 0 Å². The average molecular weight is 259 g/mol. The van der Waals surface area contributed by atoms with Crippen molar-refractivity contribution in [1.29, 1.82) is 0 Å². The number of H-pyrrole nitrogens is 1. The Balaban J connectivity index is 2.37. The number of nitrogens with zero attached hydrogens (tertiary/aromatic N) is 2. The molecular formula is C13H13N3O3. The second-order valence-corrected chi connectivity index (χ2v) is 4.11. The molecule has 0 aromatic carbocycles. The van der Waals surface area contributed by atoms with Crippen molar-refractivity contribution in [3.05, 3.63) is 46.1 Å². The van der Waals surface area contributed by atoms with Crippen molar-refractivity contribution >= 4 is 5.97 Å². The zero-order chi connectivity index (χ0) is 13.8. The van der Waals surface area contributed by atoms with Gasteiger partial charge in [-0.2, -0.15) is 0 Å². The van der Waals surface area contributed by atoms with Gasteiger partial charge in [-0.1, -0.05) is 0 Å². The molecule has 19 heavy (non-hydrogen) atoms. The highest BCUT2D eigenvalue weighted by molar-refractivity contribution is 5.67. The first-order chi connectivity index (χ1) is 9.08. The van der Waals surface area contributed by atoms with Gasteiger partial charge in [0.1, 0.15) is 5.82 Å². The largest absolute Gasteiger partial charge is 0.481 e. The van der Waals surface area contributed by atoms with Crippen molar-refractivity contribution in [2.75, 3.05) is 0 Å². The fourth-order valence-corrected chi connectivity index (χ4v) is 1.78. The molecule has 0 aliphatic heterocycles. The number of carboxylic acids is 1. The van der Waals surface area contributed by atoms with E-state index in [1.54, 1.807) is 31.5 Å². The van der Waals surface area contributed by atoms with E-state index in [0.29, 0.717) is 22.6 Å². The molecule has 0 aliphatic rings. The molecule has 6 nitrogen and oxygen atoms in total. The minimum Gasteiger partial charge on any atom is -0.481 e. The van der Waals surface area contributed by atoms with E-state index in [1.807, 2.05) is 0 Å². The summed E-state index contributed by atoms with van der Waals surface area (Å²) in [5, 5.41) is 8.65. The molecule has 0 saturated heterocycles. The highest BCUT2D eigenvalue weighted by atomic mass is 16.4. The number of aliphatic carboxylic acids is 1. The molecule has 0 bridgehead atoms. The fourth-order valence-electron chi connectivity index (χ4n) is 1.78. The zero-order valence-corrected chi connectivity index (χ0v) is 10.4. The Morgan fingerprint density at radius 2 is 2.26 bits per heavy atom. The highest BCUT2D eigenvalue weighted by Crippen LogP contribution is 2.13. The van der Waals surface area contributed by atoms with E-state index < -0.39 is 5.97 Å². The minimum atomic E-state index is -0.935. The monoisotopic (exact) mass is 259 g/mol. The second kappa shape index (κ2) is 5.43. The molecule has 6 heteroatoms. The van der Waals surface area contributed by atoms with Gasteiger partial charge in [0, 0.05) is 35.6 Å². The zero-order valence-electron chi connectivity index (χ0n) is 10.4. The van der Waals surface area contributed by atoms with Gasteiger partial charge >= 0.3 is 5.97 Å². The molecule has 0 aliphatic carbocycles. The summed E-state index contributed by atoms with van der Waals surface area (Å²) in [4.78, 5) is 33.4. The van der Waals surface area contributed by atoms with Gasteiger partial charge in [-0.05, 0) is 25.5 Å². The van der Waals surface area contributed by atoms with Gasteiger partial charge in [-0.3, -0.25) is 14.6 Å². The molecular weight excluding hydrogens is 246 g/mol. The molecule has 2 heterocycles. The van der Waals surface area contributed by atoms with E-state index in [9.17, 15) is 9.59 Å². The number of nitrogens with one attached hydrogen (secondary N) is 1. The normalized spacial score (nSPS) is 10.4. The van der Waals surface area contributed by atoms with Crippen LogP contribution in [0.5, 0.6) is 0 Å². The fraction of sp³-hybridized carbons (Fsp3) is 0.231. The lowest BCUT2D eigenvalue weighted by molar-refractivity contribution is -0.136.